The van der Waals surface area contributed by atoms with Gasteiger partial charge < -0.3 is 10.7 Å². The summed E-state index contributed by atoms with van der Waals surface area (Å²) in [4.78, 5) is 13.5. The van der Waals surface area contributed by atoms with Crippen molar-refractivity contribution < 1.29 is 4.79 Å². The number of nitrogens with two attached hydrogens (primary N) is 1. The molecule has 1 aromatic rings. The van der Waals surface area contributed by atoms with Gasteiger partial charge in [0.15, 0.2) is 0 Å². The molecule has 0 radical (unpaired) electrons. The number of nitrogens with one attached hydrogen (secondary N) is 1. The van der Waals surface area contributed by atoms with Crippen molar-refractivity contribution in [3.05, 3.63) is 24.0 Å². The van der Waals surface area contributed by atoms with Crippen molar-refractivity contribution in [2.45, 2.75) is 25.7 Å². The zero-order valence-corrected chi connectivity index (χ0v) is 7.05. The van der Waals surface area contributed by atoms with Crippen molar-refractivity contribution in [2.24, 2.45) is 5.73 Å². The Labute approximate surface area is 72.0 Å². The molecule has 0 saturated carbocycles. The van der Waals surface area contributed by atoms with Gasteiger partial charge in [-0.15, -0.1) is 0 Å². The number of primary amides is 1. The topological polar surface area (TPSA) is 58.9 Å². The summed E-state index contributed by atoms with van der Waals surface area (Å²) in [7, 11) is 0. The van der Waals surface area contributed by atoms with Crippen LogP contribution >= 0.6 is 0 Å². The number of aryl methyl sites for hydroxylation is 1. The van der Waals surface area contributed by atoms with Crippen LogP contribution in [-0.2, 0) is 11.2 Å². The normalized spacial score (nSPS) is 10.0. The number of aromatic nitrogens is 1. The van der Waals surface area contributed by atoms with Gasteiger partial charge in [-0.1, -0.05) is 0 Å². The number of carbonyl (C=O) groups excluding carboxylic acids is 1. The van der Waals surface area contributed by atoms with E-state index in [0.29, 0.717) is 6.42 Å². The van der Waals surface area contributed by atoms with E-state index in [2.05, 4.69) is 4.98 Å². The Balaban J connectivity index is 2.07. The Morgan fingerprint density at radius 3 is 2.92 bits per heavy atom. The molecule has 0 aliphatic rings. The summed E-state index contributed by atoms with van der Waals surface area (Å²) >= 11 is 0. The lowest BCUT2D eigenvalue weighted by Gasteiger charge is -1.96. The lowest BCUT2D eigenvalue weighted by atomic mass is 10.1. The van der Waals surface area contributed by atoms with Crippen LogP contribution in [0.4, 0.5) is 0 Å². The predicted molar refractivity (Wildman–Crippen MR) is 47.5 cm³/mol. The molecule has 3 N–H and O–H groups in total. The van der Waals surface area contributed by atoms with Crippen molar-refractivity contribution in [3.63, 3.8) is 0 Å². The van der Waals surface area contributed by atoms with Crippen molar-refractivity contribution >= 4 is 5.91 Å². The third kappa shape index (κ3) is 3.23. The fraction of sp³-hybridized carbons (Fsp3) is 0.444. The molecular weight excluding hydrogens is 152 g/mol. The highest BCUT2D eigenvalue weighted by Gasteiger charge is 1.95. The van der Waals surface area contributed by atoms with Crippen LogP contribution in [0.3, 0.4) is 0 Å². The molecule has 0 atom stereocenters. The first-order valence-corrected chi connectivity index (χ1v) is 4.19. The van der Waals surface area contributed by atoms with Crippen LogP contribution in [0.15, 0.2) is 18.3 Å². The average Bonchev–Trinajstić information content (AvgIpc) is 2.49. The van der Waals surface area contributed by atoms with Gasteiger partial charge in [0, 0.05) is 18.3 Å². The van der Waals surface area contributed by atoms with Crippen molar-refractivity contribution in [2.75, 3.05) is 0 Å². The van der Waals surface area contributed by atoms with Crippen molar-refractivity contribution in [3.8, 4) is 0 Å². The van der Waals surface area contributed by atoms with E-state index >= 15 is 0 Å². The molecule has 0 fully saturated rings. The van der Waals surface area contributed by atoms with Gasteiger partial charge in [0.2, 0.25) is 5.91 Å². The number of H-pyrrole nitrogens is 1. The molecule has 1 rings (SSSR count). The van der Waals surface area contributed by atoms with E-state index in [1.165, 1.54) is 5.69 Å². The first kappa shape index (κ1) is 8.84. The number of hydrogen-bond donors (Lipinski definition) is 2. The van der Waals surface area contributed by atoms with Crippen molar-refractivity contribution in [1.29, 1.82) is 0 Å². The highest BCUT2D eigenvalue weighted by Crippen LogP contribution is 2.03. The molecular formula is C9H14N2O. The fourth-order valence-electron chi connectivity index (χ4n) is 1.14. The van der Waals surface area contributed by atoms with Crippen LogP contribution in [0.25, 0.3) is 0 Å². The number of aromatic amines is 1. The predicted octanol–water partition coefficient (Wildman–Crippen LogP) is 1.21. The lowest BCUT2D eigenvalue weighted by molar-refractivity contribution is -0.118. The van der Waals surface area contributed by atoms with E-state index in [4.69, 9.17) is 5.73 Å². The van der Waals surface area contributed by atoms with Gasteiger partial charge in [-0.3, -0.25) is 4.79 Å². The quantitative estimate of drug-likeness (QED) is 0.635. The number of unbranched alkanes of at least 4 members (excludes halogenated alkanes) is 1. The molecule has 0 bridgehead atoms. The molecule has 0 aliphatic heterocycles. The first-order valence-electron chi connectivity index (χ1n) is 4.19. The van der Waals surface area contributed by atoms with E-state index in [-0.39, 0.29) is 5.91 Å². The number of rotatable bonds is 5. The molecule has 0 aromatic carbocycles. The monoisotopic (exact) mass is 166 g/mol. The van der Waals surface area contributed by atoms with Crippen LogP contribution in [0.2, 0.25) is 0 Å². The zero-order chi connectivity index (χ0) is 8.81. The molecule has 0 aliphatic carbocycles. The second kappa shape index (κ2) is 4.59. The minimum Gasteiger partial charge on any atom is -0.370 e. The van der Waals surface area contributed by atoms with Crippen LogP contribution in [-0.4, -0.2) is 10.9 Å². The molecule has 0 unspecified atom stereocenters. The fourth-order valence-corrected chi connectivity index (χ4v) is 1.14. The molecule has 1 heterocycles. The Morgan fingerprint density at radius 1 is 1.50 bits per heavy atom. The van der Waals surface area contributed by atoms with Crippen LogP contribution in [0.1, 0.15) is 25.0 Å². The Morgan fingerprint density at radius 2 is 2.33 bits per heavy atom. The second-order valence-electron chi connectivity index (χ2n) is 2.87. The van der Waals surface area contributed by atoms with Gasteiger partial charge in [-0.25, -0.2) is 0 Å². The van der Waals surface area contributed by atoms with Gasteiger partial charge in [-0.2, -0.15) is 0 Å². The van der Waals surface area contributed by atoms with Crippen LogP contribution < -0.4 is 5.73 Å². The molecule has 3 heteroatoms. The average molecular weight is 166 g/mol. The first-order chi connectivity index (χ1) is 5.79. The van der Waals surface area contributed by atoms with E-state index < -0.39 is 0 Å². The molecule has 0 saturated heterocycles. The highest BCUT2D eigenvalue weighted by atomic mass is 16.1. The minimum absolute atomic E-state index is 0.207. The number of amides is 1. The summed E-state index contributed by atoms with van der Waals surface area (Å²) in [6.45, 7) is 0. The third-order valence-electron chi connectivity index (χ3n) is 1.78. The van der Waals surface area contributed by atoms with E-state index in [9.17, 15) is 4.79 Å². The van der Waals surface area contributed by atoms with E-state index in [1.807, 2.05) is 18.3 Å². The van der Waals surface area contributed by atoms with Gasteiger partial charge in [-0.05, 0) is 31.4 Å². The van der Waals surface area contributed by atoms with E-state index in [0.717, 1.165) is 19.3 Å². The zero-order valence-electron chi connectivity index (χ0n) is 7.05. The van der Waals surface area contributed by atoms with Crippen LogP contribution in [0.5, 0.6) is 0 Å². The van der Waals surface area contributed by atoms with Gasteiger partial charge in [0.05, 0.1) is 0 Å². The summed E-state index contributed by atoms with van der Waals surface area (Å²) < 4.78 is 0. The number of hydrogen-bond acceptors (Lipinski definition) is 1. The van der Waals surface area contributed by atoms with Gasteiger partial charge in [0.1, 0.15) is 0 Å². The maximum absolute atomic E-state index is 10.4. The second-order valence-corrected chi connectivity index (χ2v) is 2.87. The summed E-state index contributed by atoms with van der Waals surface area (Å²) in [5.41, 5.74) is 6.23. The maximum atomic E-state index is 10.4. The highest BCUT2D eigenvalue weighted by molar-refractivity contribution is 5.73. The molecule has 66 valence electrons. The molecule has 1 aromatic heterocycles. The minimum atomic E-state index is -0.207. The largest absolute Gasteiger partial charge is 0.370 e. The molecule has 3 nitrogen and oxygen atoms in total. The Bertz CT molecular complexity index is 229. The Kier molecular flexibility index (Phi) is 3.38. The smallest absolute Gasteiger partial charge is 0.217 e. The Hall–Kier alpha value is -1.25. The molecule has 1 amide bonds. The molecule has 0 spiro atoms. The summed E-state index contributed by atoms with van der Waals surface area (Å²) in [6.07, 6.45) is 5.31. The van der Waals surface area contributed by atoms with E-state index in [1.54, 1.807) is 0 Å². The standard InChI is InChI=1S/C9H14N2O/c10-9(12)6-2-1-4-8-5-3-7-11-8/h3,5,7,11H,1-2,4,6H2,(H2,10,12). The lowest BCUT2D eigenvalue weighted by Crippen LogP contribution is -2.09. The molecule has 12 heavy (non-hydrogen) atoms. The van der Waals surface area contributed by atoms with Crippen molar-refractivity contribution in [1.82, 2.24) is 4.98 Å². The van der Waals surface area contributed by atoms with Gasteiger partial charge >= 0.3 is 0 Å². The third-order valence-corrected chi connectivity index (χ3v) is 1.78. The SMILES string of the molecule is NC(=O)CCCCc1ccc[nH]1. The van der Waals surface area contributed by atoms with Gasteiger partial charge in [0.25, 0.3) is 0 Å². The summed E-state index contributed by atoms with van der Waals surface area (Å²) in [5.74, 6) is -0.207. The summed E-state index contributed by atoms with van der Waals surface area (Å²) in [6, 6.07) is 4.02. The summed E-state index contributed by atoms with van der Waals surface area (Å²) in [5, 5.41) is 0. The maximum Gasteiger partial charge on any atom is 0.217 e. The number of carbonyl (C=O) groups is 1. The van der Waals surface area contributed by atoms with Crippen LogP contribution in [0, 0.1) is 0 Å².